The first-order valence-electron chi connectivity index (χ1n) is 5.41. The Morgan fingerprint density at radius 2 is 2.13 bits per heavy atom. The summed E-state index contributed by atoms with van der Waals surface area (Å²) in [6, 6.07) is 6.30. The third-order valence-electron chi connectivity index (χ3n) is 2.48. The average molecular weight is 227 g/mol. The van der Waals surface area contributed by atoms with E-state index in [2.05, 4.69) is 19.1 Å². The van der Waals surface area contributed by atoms with Gasteiger partial charge >= 0.3 is 0 Å². The molecule has 0 aromatic heterocycles. The van der Waals surface area contributed by atoms with Crippen LogP contribution in [0.4, 0.5) is 0 Å². The van der Waals surface area contributed by atoms with Gasteiger partial charge in [0.05, 0.1) is 7.11 Å². The van der Waals surface area contributed by atoms with E-state index in [-0.39, 0.29) is 5.38 Å². The van der Waals surface area contributed by atoms with Crippen molar-refractivity contribution in [1.29, 1.82) is 0 Å². The molecule has 0 saturated heterocycles. The summed E-state index contributed by atoms with van der Waals surface area (Å²) >= 11 is 5.92. The van der Waals surface area contributed by atoms with Crippen molar-refractivity contribution in [2.75, 3.05) is 7.11 Å². The molecule has 0 fully saturated rings. The predicted molar refractivity (Wildman–Crippen MR) is 66.0 cm³/mol. The van der Waals surface area contributed by atoms with Crippen molar-refractivity contribution in [3.8, 4) is 5.75 Å². The molecule has 84 valence electrons. The third-order valence-corrected chi connectivity index (χ3v) is 2.70. The lowest BCUT2D eigenvalue weighted by atomic mass is 10.0. The normalized spacial score (nSPS) is 12.5. The van der Waals surface area contributed by atoms with Gasteiger partial charge in [-0.15, -0.1) is 11.6 Å². The van der Waals surface area contributed by atoms with Gasteiger partial charge in [0.1, 0.15) is 5.75 Å². The van der Waals surface area contributed by atoms with Crippen LogP contribution >= 0.6 is 11.6 Å². The quantitative estimate of drug-likeness (QED) is 0.691. The van der Waals surface area contributed by atoms with E-state index in [9.17, 15) is 0 Å². The number of ether oxygens (including phenoxy) is 1. The van der Waals surface area contributed by atoms with Crippen molar-refractivity contribution in [3.05, 3.63) is 29.3 Å². The van der Waals surface area contributed by atoms with Crippen molar-refractivity contribution >= 4 is 11.6 Å². The van der Waals surface area contributed by atoms with Gasteiger partial charge in [-0.3, -0.25) is 0 Å². The zero-order valence-corrected chi connectivity index (χ0v) is 10.5. The number of rotatable bonds is 5. The van der Waals surface area contributed by atoms with E-state index in [4.69, 9.17) is 16.3 Å². The number of aryl methyl sites for hydroxylation is 2. The molecule has 0 heterocycles. The minimum absolute atomic E-state index is 0.265. The molecule has 1 aromatic carbocycles. The molecule has 1 rings (SSSR count). The Kier molecular flexibility index (Phi) is 4.97. The summed E-state index contributed by atoms with van der Waals surface area (Å²) in [7, 11) is 1.72. The first-order valence-corrected chi connectivity index (χ1v) is 5.84. The Labute approximate surface area is 97.4 Å². The summed E-state index contributed by atoms with van der Waals surface area (Å²) in [6.07, 6.45) is 3.21. The summed E-state index contributed by atoms with van der Waals surface area (Å²) < 4.78 is 5.32. The first kappa shape index (κ1) is 12.4. The second-order valence-corrected chi connectivity index (χ2v) is 4.73. The zero-order chi connectivity index (χ0) is 11.3. The smallest absolute Gasteiger partial charge is 0.122 e. The number of hydrogen-bond donors (Lipinski definition) is 0. The Hall–Kier alpha value is -0.690. The molecular formula is C13H19ClO. The van der Waals surface area contributed by atoms with Gasteiger partial charge in [0, 0.05) is 5.38 Å². The van der Waals surface area contributed by atoms with Crippen molar-refractivity contribution in [2.24, 2.45) is 0 Å². The van der Waals surface area contributed by atoms with Crippen LogP contribution in [0.1, 0.15) is 30.9 Å². The average Bonchev–Trinajstić information content (AvgIpc) is 2.17. The highest BCUT2D eigenvalue weighted by Crippen LogP contribution is 2.22. The van der Waals surface area contributed by atoms with E-state index in [1.807, 2.05) is 13.0 Å². The van der Waals surface area contributed by atoms with Gasteiger partial charge in [0.25, 0.3) is 0 Å². The SMILES string of the molecule is COc1ccc(C)cc1CCCC(C)Cl. The summed E-state index contributed by atoms with van der Waals surface area (Å²) in [5.74, 6) is 0.989. The van der Waals surface area contributed by atoms with Crippen LogP contribution in [0.3, 0.4) is 0 Å². The lowest BCUT2D eigenvalue weighted by Crippen LogP contribution is -1.96. The van der Waals surface area contributed by atoms with Crippen molar-refractivity contribution in [1.82, 2.24) is 0 Å². The van der Waals surface area contributed by atoms with E-state index in [0.717, 1.165) is 25.0 Å². The monoisotopic (exact) mass is 226 g/mol. The summed E-state index contributed by atoms with van der Waals surface area (Å²) in [4.78, 5) is 0. The Morgan fingerprint density at radius 3 is 2.73 bits per heavy atom. The van der Waals surface area contributed by atoms with Gasteiger partial charge in [-0.05, 0) is 44.7 Å². The van der Waals surface area contributed by atoms with Gasteiger partial charge in [-0.25, -0.2) is 0 Å². The molecule has 0 aliphatic rings. The maximum Gasteiger partial charge on any atom is 0.122 e. The molecule has 15 heavy (non-hydrogen) atoms. The summed E-state index contributed by atoms with van der Waals surface area (Å²) in [6.45, 7) is 4.14. The van der Waals surface area contributed by atoms with E-state index in [0.29, 0.717) is 0 Å². The molecule has 0 aliphatic carbocycles. The Morgan fingerprint density at radius 1 is 1.40 bits per heavy atom. The highest BCUT2D eigenvalue weighted by atomic mass is 35.5. The molecule has 0 bridgehead atoms. The number of benzene rings is 1. The van der Waals surface area contributed by atoms with Crippen LogP contribution in [0.2, 0.25) is 0 Å². The lowest BCUT2D eigenvalue weighted by molar-refractivity contribution is 0.408. The van der Waals surface area contributed by atoms with Crippen LogP contribution in [0.5, 0.6) is 5.75 Å². The molecule has 0 aliphatic heterocycles. The van der Waals surface area contributed by atoms with E-state index in [1.54, 1.807) is 7.11 Å². The van der Waals surface area contributed by atoms with Crippen LogP contribution in [0.15, 0.2) is 18.2 Å². The summed E-state index contributed by atoms with van der Waals surface area (Å²) in [5.41, 5.74) is 2.57. The van der Waals surface area contributed by atoms with Crippen molar-refractivity contribution in [3.63, 3.8) is 0 Å². The molecule has 0 saturated carbocycles. The maximum absolute atomic E-state index is 5.92. The number of halogens is 1. The van der Waals surface area contributed by atoms with Gasteiger partial charge in [-0.2, -0.15) is 0 Å². The topological polar surface area (TPSA) is 9.23 Å². The summed E-state index contributed by atoms with van der Waals surface area (Å²) in [5, 5.41) is 0.265. The molecule has 0 N–H and O–H groups in total. The second kappa shape index (κ2) is 6.02. The highest BCUT2D eigenvalue weighted by molar-refractivity contribution is 6.20. The molecule has 0 radical (unpaired) electrons. The first-order chi connectivity index (χ1) is 7.13. The highest BCUT2D eigenvalue weighted by Gasteiger charge is 2.04. The zero-order valence-electron chi connectivity index (χ0n) is 9.72. The van der Waals surface area contributed by atoms with Crippen molar-refractivity contribution in [2.45, 2.75) is 38.5 Å². The largest absolute Gasteiger partial charge is 0.496 e. The Balaban J connectivity index is 2.62. The molecule has 0 amide bonds. The minimum atomic E-state index is 0.265. The number of methoxy groups -OCH3 is 1. The fourth-order valence-corrected chi connectivity index (χ4v) is 1.83. The number of hydrogen-bond acceptors (Lipinski definition) is 1. The lowest BCUT2D eigenvalue weighted by Gasteiger charge is -2.09. The van der Waals surface area contributed by atoms with Gasteiger partial charge in [0.2, 0.25) is 0 Å². The predicted octanol–water partition coefficient (Wildman–Crippen LogP) is 3.95. The second-order valence-electron chi connectivity index (χ2n) is 3.99. The molecule has 0 spiro atoms. The van der Waals surface area contributed by atoms with Gasteiger partial charge in [-0.1, -0.05) is 17.7 Å². The third kappa shape index (κ3) is 4.13. The molecule has 1 aromatic rings. The molecule has 1 nitrogen and oxygen atoms in total. The van der Waals surface area contributed by atoms with Crippen LogP contribution in [0.25, 0.3) is 0 Å². The molecule has 1 unspecified atom stereocenters. The fourth-order valence-electron chi connectivity index (χ4n) is 1.68. The maximum atomic E-state index is 5.92. The van der Waals surface area contributed by atoms with Crippen molar-refractivity contribution < 1.29 is 4.74 Å². The minimum Gasteiger partial charge on any atom is -0.496 e. The van der Waals surface area contributed by atoms with Gasteiger partial charge < -0.3 is 4.74 Å². The van der Waals surface area contributed by atoms with E-state index >= 15 is 0 Å². The Bertz CT molecular complexity index is 307. The molecular weight excluding hydrogens is 208 g/mol. The molecule has 1 atom stereocenters. The van der Waals surface area contributed by atoms with E-state index in [1.165, 1.54) is 11.1 Å². The van der Waals surface area contributed by atoms with Crippen LogP contribution in [0, 0.1) is 6.92 Å². The standard InChI is InChI=1S/C13H19ClO/c1-10-7-8-13(15-3)12(9-10)6-4-5-11(2)14/h7-9,11H,4-6H2,1-3H3. The van der Waals surface area contributed by atoms with Gasteiger partial charge in [0.15, 0.2) is 0 Å². The van der Waals surface area contributed by atoms with Crippen LogP contribution in [-0.4, -0.2) is 12.5 Å². The van der Waals surface area contributed by atoms with Crippen LogP contribution in [-0.2, 0) is 6.42 Å². The van der Waals surface area contributed by atoms with Crippen LogP contribution < -0.4 is 4.74 Å². The van der Waals surface area contributed by atoms with E-state index < -0.39 is 0 Å². The number of alkyl halides is 1. The molecule has 2 heteroatoms. The fraction of sp³-hybridized carbons (Fsp3) is 0.538.